The van der Waals surface area contributed by atoms with Crippen LogP contribution >= 0.6 is 0 Å². The quantitative estimate of drug-likeness (QED) is 0.118. The minimum atomic E-state index is 0. The van der Waals surface area contributed by atoms with E-state index in [-0.39, 0.29) is 17.1 Å². The Kier molecular flexibility index (Phi) is 12.1. The molecule has 9 rings (SSSR count). The predicted molar refractivity (Wildman–Crippen MR) is 230 cm³/mol. The van der Waals surface area contributed by atoms with Crippen molar-refractivity contribution in [3.05, 3.63) is 0 Å². The second kappa shape index (κ2) is 15.8. The topological polar surface area (TPSA) is 96.2 Å². The Morgan fingerprint density at radius 1 is 0.246 bits per heavy atom. The first-order chi connectivity index (χ1) is 26.2. The predicted octanol–water partition coefficient (Wildman–Crippen LogP) is 7.69. The summed E-state index contributed by atoms with van der Waals surface area (Å²) in [7, 11) is 0. The van der Waals surface area contributed by atoms with Crippen LogP contribution in [0.15, 0.2) is 0 Å². The van der Waals surface area contributed by atoms with Gasteiger partial charge >= 0.3 is 0 Å². The van der Waals surface area contributed by atoms with Gasteiger partial charge in [0.1, 0.15) is 0 Å². The summed E-state index contributed by atoms with van der Waals surface area (Å²) in [4.78, 5) is 0. The second-order valence-electron chi connectivity index (χ2n) is 26.0. The second-order valence-corrected chi connectivity index (χ2v) is 26.0. The molecule has 12 atom stereocenters. The van der Waals surface area contributed by atoms with E-state index in [1.165, 1.54) is 77.0 Å². The molecule has 5 aliphatic heterocycles. The molecular weight excluding hydrogens is 744 g/mol. The first kappa shape index (κ1) is 43.8. The molecule has 4 saturated carbocycles. The molecule has 9 heteroatoms. The zero-order valence-electron chi connectivity index (χ0n) is 38.4. The summed E-state index contributed by atoms with van der Waals surface area (Å²) in [6, 6.07) is 0. The van der Waals surface area contributed by atoms with Gasteiger partial charge in [-0.3, -0.25) is 42.5 Å². The number of hydrogen-bond acceptors (Lipinski definition) is 8. The minimum Gasteiger partial charge on any atom is -0.286 e. The summed E-state index contributed by atoms with van der Waals surface area (Å²) < 4.78 is 0. The van der Waals surface area contributed by atoms with Gasteiger partial charge in [0.25, 0.3) is 0 Å². The number of nitrogens with one attached hydrogen (secondary N) is 8. The Bertz CT molecular complexity index is 1190. The Morgan fingerprint density at radius 3 is 0.561 bits per heavy atom. The fraction of sp³-hybridized carbons (Fsp3) is 1.00. The van der Waals surface area contributed by atoms with Crippen LogP contribution in [0.25, 0.3) is 0 Å². The van der Waals surface area contributed by atoms with Crippen molar-refractivity contribution in [3.63, 3.8) is 0 Å². The van der Waals surface area contributed by atoms with Gasteiger partial charge in [0.05, 0.1) is 49.3 Å². The van der Waals surface area contributed by atoms with Gasteiger partial charge in [0.15, 0.2) is 0 Å². The van der Waals surface area contributed by atoms with Crippen LogP contribution in [0, 0.1) is 92.7 Å². The third kappa shape index (κ3) is 8.40. The Balaban J connectivity index is 0.00000455. The van der Waals surface area contributed by atoms with Crippen LogP contribution in [0.1, 0.15) is 160 Å². The summed E-state index contributed by atoms with van der Waals surface area (Å²) >= 11 is 0. The van der Waals surface area contributed by atoms with E-state index < -0.39 is 0 Å². The fourth-order valence-electron chi connectivity index (χ4n) is 15.2. The van der Waals surface area contributed by atoms with Crippen LogP contribution in [0.5, 0.6) is 0 Å². The first-order valence-corrected chi connectivity index (χ1v) is 24.3. The molecule has 327 valence electrons. The zero-order chi connectivity index (χ0) is 39.7. The van der Waals surface area contributed by atoms with Crippen LogP contribution < -0.4 is 42.5 Å². The van der Waals surface area contributed by atoms with Gasteiger partial charge in [-0.15, -0.1) is 0 Å². The van der Waals surface area contributed by atoms with Crippen LogP contribution in [-0.4, -0.2) is 49.3 Å². The summed E-state index contributed by atoms with van der Waals surface area (Å²) in [6.07, 6.45) is 18.8. The van der Waals surface area contributed by atoms with Crippen molar-refractivity contribution in [2.24, 2.45) is 92.7 Å². The molecule has 5 heterocycles. The summed E-state index contributed by atoms with van der Waals surface area (Å²) in [6.45, 7) is 30.0. The van der Waals surface area contributed by atoms with Gasteiger partial charge in [0.2, 0.25) is 0 Å². The van der Waals surface area contributed by atoms with Crippen LogP contribution in [0.2, 0.25) is 0 Å². The van der Waals surface area contributed by atoms with E-state index >= 15 is 0 Å². The minimum absolute atomic E-state index is 0. The van der Waals surface area contributed by atoms with E-state index in [1.54, 1.807) is 0 Å². The maximum Gasteiger partial charge on any atom is 0.0628 e. The van der Waals surface area contributed by atoms with Gasteiger partial charge in [0, 0.05) is 17.1 Å². The van der Waals surface area contributed by atoms with Gasteiger partial charge < -0.3 is 0 Å². The largest absolute Gasteiger partial charge is 0.286 e. The van der Waals surface area contributed by atoms with E-state index in [0.29, 0.717) is 118 Å². The van der Waals surface area contributed by atoms with E-state index in [0.717, 1.165) is 23.7 Å². The molecule has 0 aromatic heterocycles. The molecule has 1 radical (unpaired) electrons. The normalized spacial score (nSPS) is 50.3. The molecule has 57 heavy (non-hydrogen) atoms. The molecular formula is C48H88MnN8. The monoisotopic (exact) mass is 832 g/mol. The number of rotatable bonds is 0. The van der Waals surface area contributed by atoms with E-state index in [9.17, 15) is 0 Å². The maximum atomic E-state index is 4.44. The molecule has 0 aromatic rings. The molecule has 5 saturated heterocycles. The Morgan fingerprint density at radius 2 is 0.404 bits per heavy atom. The average Bonchev–Trinajstić information content (AvgIpc) is 3.84. The van der Waals surface area contributed by atoms with Crippen molar-refractivity contribution in [2.75, 3.05) is 0 Å². The van der Waals surface area contributed by atoms with Gasteiger partial charge in [-0.1, -0.05) is 83.1 Å². The third-order valence-electron chi connectivity index (χ3n) is 19.0. The van der Waals surface area contributed by atoms with Gasteiger partial charge in [-0.2, -0.15) is 0 Å². The SMILES string of the molecule is CC(C)(C)C1CCC2C3NC(NC4NC(NC5NC(NC6NC(N3)C3CC(C(C)(C)C)CCC63)C3CC(C(C)(C)C)CCC53)C3CC(C(C)(C)C)CCC43)C2C1.[Mn]. The van der Waals surface area contributed by atoms with E-state index in [1.807, 2.05) is 0 Å². The van der Waals surface area contributed by atoms with Crippen molar-refractivity contribution in [2.45, 2.75) is 209 Å². The van der Waals surface area contributed by atoms with Crippen molar-refractivity contribution in [1.29, 1.82) is 0 Å². The average molecular weight is 832 g/mol. The summed E-state index contributed by atoms with van der Waals surface area (Å²) in [5.41, 5.74) is 1.42. The Hall–Kier alpha value is 0.199. The molecule has 8 N–H and O–H groups in total. The Labute approximate surface area is 360 Å². The van der Waals surface area contributed by atoms with Crippen molar-refractivity contribution in [1.82, 2.24) is 42.5 Å². The van der Waals surface area contributed by atoms with Crippen LogP contribution in [0.4, 0.5) is 0 Å². The van der Waals surface area contributed by atoms with E-state index in [4.69, 9.17) is 0 Å². The van der Waals surface area contributed by atoms with Crippen molar-refractivity contribution < 1.29 is 17.1 Å². The smallest absolute Gasteiger partial charge is 0.0628 e. The summed E-state index contributed by atoms with van der Waals surface area (Å²) in [5.74, 6) is 8.35. The standard InChI is InChI=1S/C48H88N8.Mn/c1-45(2,3)25-13-17-29-33(21-25)41-49-37(29)54-42-35-23-27(47(7,8)9)15-19-31(35)39(51-42)56-44-36-24-28(48(10,11)12)16-20-32(36)40(52-44)55-43-34-22-26(46(4,5)6)14-18-30(34)38(50-43)53-41;/h25-44,49-56H,13-24H2,1-12H3;. The number of hydrogen-bond donors (Lipinski definition) is 8. The molecule has 0 amide bonds. The molecule has 4 aliphatic carbocycles. The van der Waals surface area contributed by atoms with Crippen LogP contribution in [0.3, 0.4) is 0 Å². The van der Waals surface area contributed by atoms with Crippen molar-refractivity contribution in [3.8, 4) is 0 Å². The van der Waals surface area contributed by atoms with Gasteiger partial charge in [-0.05, 0) is 170 Å². The molecule has 12 unspecified atom stereocenters. The first-order valence-electron chi connectivity index (χ1n) is 24.3. The fourth-order valence-corrected chi connectivity index (χ4v) is 15.2. The molecule has 0 aromatic carbocycles. The maximum absolute atomic E-state index is 4.44. The molecule has 8 nitrogen and oxygen atoms in total. The van der Waals surface area contributed by atoms with Crippen LogP contribution in [-0.2, 0) is 17.1 Å². The summed E-state index contributed by atoms with van der Waals surface area (Å²) in [5, 5.41) is 35.2. The molecule has 9 fully saturated rings. The third-order valence-corrected chi connectivity index (χ3v) is 19.0. The van der Waals surface area contributed by atoms with Crippen molar-refractivity contribution >= 4 is 0 Å². The molecule has 9 aliphatic rings. The van der Waals surface area contributed by atoms with Gasteiger partial charge in [-0.25, -0.2) is 0 Å². The molecule has 8 bridgehead atoms. The zero-order valence-corrected chi connectivity index (χ0v) is 39.6. The van der Waals surface area contributed by atoms with E-state index in [2.05, 4.69) is 126 Å². The number of fused-ring (bicyclic) bond motifs is 20. The molecule has 0 spiro atoms.